The first-order valence-electron chi connectivity index (χ1n) is 9.31. The van der Waals surface area contributed by atoms with Gasteiger partial charge in [-0.3, -0.25) is 0 Å². The van der Waals surface area contributed by atoms with Crippen LogP contribution in [0.2, 0.25) is 0 Å². The van der Waals surface area contributed by atoms with Crippen molar-refractivity contribution in [1.82, 2.24) is 4.98 Å². The second kappa shape index (κ2) is 6.97. The Morgan fingerprint density at radius 2 is 1.89 bits per heavy atom. The smallest absolute Gasteiger partial charge is 0.106 e. The van der Waals surface area contributed by atoms with Crippen LogP contribution in [-0.4, -0.2) is 24.0 Å². The zero-order valence-corrected chi connectivity index (χ0v) is 15.6. The van der Waals surface area contributed by atoms with Crippen molar-refractivity contribution >= 4 is 28.5 Å². The van der Waals surface area contributed by atoms with Gasteiger partial charge in [-0.2, -0.15) is 0 Å². The molecule has 0 saturated heterocycles. The zero-order valence-electron chi connectivity index (χ0n) is 15.6. The van der Waals surface area contributed by atoms with Gasteiger partial charge in [0.1, 0.15) is 13.1 Å². The number of quaternary nitrogens is 1. The lowest BCUT2D eigenvalue weighted by molar-refractivity contribution is -0.905. The maximum absolute atomic E-state index is 12.0. The maximum Gasteiger partial charge on any atom is 0.106 e. The van der Waals surface area contributed by atoms with E-state index in [0.29, 0.717) is 17.4 Å². The van der Waals surface area contributed by atoms with Crippen LogP contribution in [0, 0.1) is 6.92 Å². The molecule has 136 valence electrons. The zero-order chi connectivity index (χ0) is 19.0. The highest BCUT2D eigenvalue weighted by Crippen LogP contribution is 2.30. The number of pyridine rings is 1. The first-order chi connectivity index (χ1) is 13.1. The molecule has 1 unspecified atom stereocenters. The number of aromatic carboxylic acids is 1. The summed E-state index contributed by atoms with van der Waals surface area (Å²) >= 11 is 0. The van der Waals surface area contributed by atoms with Crippen molar-refractivity contribution in [3.05, 3.63) is 76.5 Å². The van der Waals surface area contributed by atoms with E-state index in [-0.39, 0.29) is 5.56 Å². The van der Waals surface area contributed by atoms with Crippen LogP contribution in [0.5, 0.6) is 0 Å². The largest absolute Gasteiger partial charge is 0.545 e. The summed E-state index contributed by atoms with van der Waals surface area (Å²) in [5.74, 6) is -1.13. The van der Waals surface area contributed by atoms with E-state index in [0.717, 1.165) is 35.5 Å². The normalized spacial score (nSPS) is 17.9. The summed E-state index contributed by atoms with van der Waals surface area (Å²) in [6, 6.07) is 15.6. The van der Waals surface area contributed by atoms with Crippen LogP contribution < -0.4 is 10.0 Å². The Morgan fingerprint density at radius 1 is 1.15 bits per heavy atom. The predicted molar refractivity (Wildman–Crippen MR) is 105 cm³/mol. The van der Waals surface area contributed by atoms with Gasteiger partial charge < -0.3 is 14.8 Å². The number of hydrogen-bond donors (Lipinski definition) is 1. The lowest BCUT2D eigenvalue weighted by atomic mass is 9.91. The number of carboxylic acids is 1. The third-order valence-corrected chi connectivity index (χ3v) is 5.39. The van der Waals surface area contributed by atoms with E-state index in [4.69, 9.17) is 4.98 Å². The monoisotopic (exact) mass is 358 g/mol. The summed E-state index contributed by atoms with van der Waals surface area (Å²) < 4.78 is 0. The number of para-hydroxylation sites is 1. The van der Waals surface area contributed by atoms with Gasteiger partial charge in [0, 0.05) is 22.1 Å². The summed E-state index contributed by atoms with van der Waals surface area (Å²) in [5, 5.41) is 12.7. The molecular weight excluding hydrogens is 336 g/mol. The standard InChI is InChI=1S/C23H22N2O2/c1-3-25-13-17(12-16-9-5-4-8-15(16)2)22-19(14-25)21(23(26)27)18-10-6-7-11-20(18)24-22/h4-12H,3,13-14H2,1-2H3,(H,26,27)/b17-12+. The molecule has 4 rings (SSSR count). The third-order valence-electron chi connectivity index (χ3n) is 5.39. The molecule has 0 saturated carbocycles. The number of aromatic nitrogens is 1. The van der Waals surface area contributed by atoms with Crippen LogP contribution in [0.4, 0.5) is 0 Å². The minimum Gasteiger partial charge on any atom is -0.545 e. The summed E-state index contributed by atoms with van der Waals surface area (Å²) in [6.45, 7) is 6.61. The SMILES string of the molecule is CC[NH+]1C/C(=C\c2ccccc2C)c2nc3ccccc3c(C(=O)[O-])c2C1. The van der Waals surface area contributed by atoms with Crippen LogP contribution in [0.3, 0.4) is 0 Å². The molecular formula is C23H22N2O2. The maximum atomic E-state index is 12.0. The quantitative estimate of drug-likeness (QED) is 0.778. The van der Waals surface area contributed by atoms with Gasteiger partial charge in [-0.25, -0.2) is 4.98 Å². The van der Waals surface area contributed by atoms with Crippen LogP contribution >= 0.6 is 0 Å². The minimum atomic E-state index is -1.13. The number of hydrogen-bond acceptors (Lipinski definition) is 3. The lowest BCUT2D eigenvalue weighted by Gasteiger charge is -2.29. The second-order valence-electron chi connectivity index (χ2n) is 7.10. The Kier molecular flexibility index (Phi) is 4.50. The Balaban J connectivity index is 2.01. The Bertz CT molecular complexity index is 1070. The van der Waals surface area contributed by atoms with Crippen molar-refractivity contribution in [2.45, 2.75) is 20.4 Å². The number of aryl methyl sites for hydroxylation is 1. The number of fused-ring (bicyclic) bond motifs is 2. The van der Waals surface area contributed by atoms with Crippen molar-refractivity contribution in [1.29, 1.82) is 0 Å². The van der Waals surface area contributed by atoms with Crippen LogP contribution in [0.1, 0.15) is 39.7 Å². The second-order valence-corrected chi connectivity index (χ2v) is 7.10. The number of carbonyl (C=O) groups is 1. The molecule has 1 aliphatic rings. The molecule has 1 atom stereocenters. The fraction of sp³-hybridized carbons (Fsp3) is 0.217. The van der Waals surface area contributed by atoms with E-state index in [1.807, 2.05) is 36.4 Å². The first-order valence-corrected chi connectivity index (χ1v) is 9.31. The molecule has 0 bridgehead atoms. The molecule has 0 amide bonds. The topological polar surface area (TPSA) is 57.5 Å². The van der Waals surface area contributed by atoms with E-state index in [9.17, 15) is 9.90 Å². The van der Waals surface area contributed by atoms with Crippen LogP contribution in [0.25, 0.3) is 22.6 Å². The van der Waals surface area contributed by atoms with Crippen molar-refractivity contribution in [3.8, 4) is 0 Å². The summed E-state index contributed by atoms with van der Waals surface area (Å²) in [5.41, 5.74) is 5.99. The number of carbonyl (C=O) groups excluding carboxylic acids is 1. The van der Waals surface area contributed by atoms with Crippen LogP contribution in [0.15, 0.2) is 48.5 Å². The fourth-order valence-corrected chi connectivity index (χ4v) is 3.89. The van der Waals surface area contributed by atoms with Crippen molar-refractivity contribution in [3.63, 3.8) is 0 Å². The summed E-state index contributed by atoms with van der Waals surface area (Å²) in [4.78, 5) is 18.2. The molecule has 3 aromatic rings. The van der Waals surface area contributed by atoms with Crippen molar-refractivity contribution in [2.75, 3.05) is 13.1 Å². The van der Waals surface area contributed by atoms with Gasteiger partial charge in [0.05, 0.1) is 23.7 Å². The molecule has 1 aliphatic heterocycles. The molecule has 4 nitrogen and oxygen atoms in total. The Labute approximate surface area is 158 Å². The molecule has 4 heteroatoms. The van der Waals surface area contributed by atoms with Crippen molar-refractivity contribution in [2.24, 2.45) is 0 Å². The highest BCUT2D eigenvalue weighted by Gasteiger charge is 2.28. The van der Waals surface area contributed by atoms with Gasteiger partial charge >= 0.3 is 0 Å². The molecule has 0 radical (unpaired) electrons. The molecule has 1 N–H and O–H groups in total. The average molecular weight is 358 g/mol. The van der Waals surface area contributed by atoms with Gasteiger partial charge in [-0.15, -0.1) is 0 Å². The van der Waals surface area contributed by atoms with Gasteiger partial charge in [-0.1, -0.05) is 42.5 Å². The average Bonchev–Trinajstić information content (AvgIpc) is 2.67. The molecule has 1 aromatic heterocycles. The molecule has 0 spiro atoms. The Hall–Kier alpha value is -2.98. The van der Waals surface area contributed by atoms with E-state index < -0.39 is 5.97 Å². The van der Waals surface area contributed by atoms with E-state index >= 15 is 0 Å². The number of likely N-dealkylation sites (N-methyl/N-ethyl adjacent to an activating group) is 1. The fourth-order valence-electron chi connectivity index (χ4n) is 3.89. The number of nitrogens with one attached hydrogen (secondary N) is 1. The van der Waals surface area contributed by atoms with Crippen molar-refractivity contribution < 1.29 is 14.8 Å². The van der Waals surface area contributed by atoms with Crippen LogP contribution in [-0.2, 0) is 6.54 Å². The number of nitrogens with zero attached hydrogens (tertiary/aromatic N) is 1. The van der Waals surface area contributed by atoms with Gasteiger partial charge in [0.15, 0.2) is 0 Å². The number of carboxylic acid groups (broad SMARTS) is 1. The van der Waals surface area contributed by atoms with E-state index in [1.54, 1.807) is 0 Å². The Morgan fingerprint density at radius 3 is 2.63 bits per heavy atom. The van der Waals surface area contributed by atoms with E-state index in [2.05, 4.69) is 32.1 Å². The highest BCUT2D eigenvalue weighted by molar-refractivity contribution is 6.05. The highest BCUT2D eigenvalue weighted by atomic mass is 16.4. The lowest BCUT2D eigenvalue weighted by Crippen LogP contribution is -3.11. The molecule has 0 aliphatic carbocycles. The molecule has 27 heavy (non-hydrogen) atoms. The van der Waals surface area contributed by atoms with E-state index in [1.165, 1.54) is 10.5 Å². The first kappa shape index (κ1) is 17.4. The van der Waals surface area contributed by atoms with Gasteiger partial charge in [-0.05, 0) is 37.1 Å². The summed E-state index contributed by atoms with van der Waals surface area (Å²) in [7, 11) is 0. The third kappa shape index (κ3) is 3.13. The molecule has 2 aromatic carbocycles. The van der Waals surface area contributed by atoms with Gasteiger partial charge in [0.2, 0.25) is 0 Å². The number of benzene rings is 2. The number of rotatable bonds is 3. The summed E-state index contributed by atoms with van der Waals surface area (Å²) in [6.07, 6.45) is 2.16. The predicted octanol–water partition coefficient (Wildman–Crippen LogP) is 1.87. The van der Waals surface area contributed by atoms with Gasteiger partial charge in [0.25, 0.3) is 0 Å². The molecule has 2 heterocycles. The minimum absolute atomic E-state index is 0.289. The molecule has 0 fully saturated rings.